The molecule has 0 bridgehead atoms. The Morgan fingerprint density at radius 1 is 1.32 bits per heavy atom. The van der Waals surface area contributed by atoms with Crippen molar-refractivity contribution in [3.05, 3.63) is 47.5 Å². The summed E-state index contributed by atoms with van der Waals surface area (Å²) in [5.41, 5.74) is 1.84. The van der Waals surface area contributed by atoms with E-state index < -0.39 is 0 Å². The van der Waals surface area contributed by atoms with Gasteiger partial charge in [0, 0.05) is 24.4 Å². The Hall–Kier alpha value is -2.67. The highest BCUT2D eigenvalue weighted by Crippen LogP contribution is 2.33. The molecule has 7 heteroatoms. The molecule has 2 aliphatic rings. The summed E-state index contributed by atoms with van der Waals surface area (Å²) in [5, 5.41) is 0.741. The van der Waals surface area contributed by atoms with Gasteiger partial charge in [0.15, 0.2) is 11.7 Å². The number of amides is 2. The third kappa shape index (κ3) is 3.67. The second-order valence-electron chi connectivity index (χ2n) is 6.92. The molecule has 1 aromatic carbocycles. The third-order valence-electron chi connectivity index (χ3n) is 5.04. The molecule has 2 amide bonds. The van der Waals surface area contributed by atoms with Gasteiger partial charge in [-0.2, -0.15) is 0 Å². The van der Waals surface area contributed by atoms with Crippen molar-refractivity contribution in [2.75, 3.05) is 29.5 Å². The van der Waals surface area contributed by atoms with Gasteiger partial charge in [0.05, 0.1) is 11.4 Å². The standard InChI is InChI=1S/C21H23N3O3S/c1-2-12-24(21-22-15-7-3-6-10-18(15)28-21)19(25)11-13-23-16-8-4-5-9-17(16)27-14-20(23)26/h2,4-5,8-9H,1,3,6-7,10-14H2. The topological polar surface area (TPSA) is 62.7 Å². The minimum Gasteiger partial charge on any atom is -0.482 e. The van der Waals surface area contributed by atoms with Gasteiger partial charge in [-0.05, 0) is 37.8 Å². The molecule has 2 heterocycles. The lowest BCUT2D eigenvalue weighted by Gasteiger charge is -2.29. The van der Waals surface area contributed by atoms with E-state index in [1.54, 1.807) is 27.2 Å². The van der Waals surface area contributed by atoms with Crippen LogP contribution in [0.15, 0.2) is 36.9 Å². The number of aromatic nitrogens is 1. The van der Waals surface area contributed by atoms with Crippen LogP contribution in [0.5, 0.6) is 5.75 Å². The zero-order valence-electron chi connectivity index (χ0n) is 15.7. The summed E-state index contributed by atoms with van der Waals surface area (Å²) in [4.78, 5) is 34.6. The van der Waals surface area contributed by atoms with E-state index in [-0.39, 0.29) is 24.8 Å². The number of fused-ring (bicyclic) bond motifs is 2. The first-order valence-corrected chi connectivity index (χ1v) is 10.4. The molecular formula is C21H23N3O3S. The number of hydrogen-bond acceptors (Lipinski definition) is 5. The van der Waals surface area contributed by atoms with E-state index in [1.807, 2.05) is 24.3 Å². The number of ether oxygens (including phenoxy) is 1. The predicted molar refractivity (Wildman–Crippen MR) is 110 cm³/mol. The molecule has 1 aliphatic heterocycles. The Morgan fingerprint density at radius 3 is 2.96 bits per heavy atom. The minimum absolute atomic E-state index is 0.000770. The number of thiazole rings is 1. The Labute approximate surface area is 168 Å². The number of nitrogens with zero attached hydrogens (tertiary/aromatic N) is 3. The van der Waals surface area contributed by atoms with Crippen LogP contribution in [0.1, 0.15) is 29.8 Å². The maximum Gasteiger partial charge on any atom is 0.265 e. The van der Waals surface area contributed by atoms with E-state index in [0.29, 0.717) is 24.5 Å². The molecule has 0 atom stereocenters. The van der Waals surface area contributed by atoms with Crippen molar-refractivity contribution in [2.24, 2.45) is 0 Å². The van der Waals surface area contributed by atoms with E-state index in [0.717, 1.165) is 30.1 Å². The average Bonchev–Trinajstić information content (AvgIpc) is 3.15. The summed E-state index contributed by atoms with van der Waals surface area (Å²) in [6, 6.07) is 7.40. The number of aryl methyl sites for hydroxylation is 2. The normalized spacial score (nSPS) is 15.4. The molecular weight excluding hydrogens is 374 g/mol. The van der Waals surface area contributed by atoms with Gasteiger partial charge in [-0.1, -0.05) is 18.2 Å². The van der Waals surface area contributed by atoms with Crippen LogP contribution in [-0.2, 0) is 22.4 Å². The van der Waals surface area contributed by atoms with Gasteiger partial charge < -0.3 is 9.64 Å². The molecule has 0 unspecified atom stereocenters. The smallest absolute Gasteiger partial charge is 0.265 e. The maximum atomic E-state index is 13.0. The van der Waals surface area contributed by atoms with Crippen molar-refractivity contribution in [2.45, 2.75) is 32.1 Å². The average molecular weight is 398 g/mol. The first-order valence-electron chi connectivity index (χ1n) is 9.59. The van der Waals surface area contributed by atoms with E-state index in [2.05, 4.69) is 6.58 Å². The Kier molecular flexibility index (Phi) is 5.43. The number of carbonyl (C=O) groups is 2. The Balaban J connectivity index is 1.49. The first-order chi connectivity index (χ1) is 13.7. The fraction of sp³-hybridized carbons (Fsp3) is 0.381. The summed E-state index contributed by atoms with van der Waals surface area (Å²) >= 11 is 1.61. The molecule has 2 aromatic rings. The van der Waals surface area contributed by atoms with Crippen LogP contribution in [0.4, 0.5) is 10.8 Å². The van der Waals surface area contributed by atoms with Crippen LogP contribution >= 0.6 is 11.3 Å². The number of carbonyl (C=O) groups excluding carboxylic acids is 2. The van der Waals surface area contributed by atoms with Gasteiger partial charge >= 0.3 is 0 Å². The zero-order chi connectivity index (χ0) is 19.5. The van der Waals surface area contributed by atoms with Crippen molar-refractivity contribution in [3.8, 4) is 5.75 Å². The fourth-order valence-corrected chi connectivity index (χ4v) is 4.79. The van der Waals surface area contributed by atoms with Crippen molar-refractivity contribution in [1.29, 1.82) is 0 Å². The van der Waals surface area contributed by atoms with Crippen molar-refractivity contribution >= 4 is 34.0 Å². The van der Waals surface area contributed by atoms with E-state index in [1.165, 1.54) is 11.3 Å². The van der Waals surface area contributed by atoms with Gasteiger partial charge in [-0.3, -0.25) is 14.5 Å². The summed E-state index contributed by atoms with van der Waals surface area (Å²) in [6.07, 6.45) is 6.31. The molecule has 0 N–H and O–H groups in total. The SMILES string of the molecule is C=CCN(C(=O)CCN1C(=O)COc2ccccc21)c1nc2c(s1)CCCC2. The van der Waals surface area contributed by atoms with Gasteiger partial charge in [0.2, 0.25) is 5.91 Å². The van der Waals surface area contributed by atoms with Crippen LogP contribution < -0.4 is 14.5 Å². The lowest BCUT2D eigenvalue weighted by Crippen LogP contribution is -2.41. The third-order valence-corrected chi connectivity index (χ3v) is 6.22. The number of para-hydroxylation sites is 2. The summed E-state index contributed by atoms with van der Waals surface area (Å²) in [6.45, 7) is 4.52. The quantitative estimate of drug-likeness (QED) is 0.701. The summed E-state index contributed by atoms with van der Waals surface area (Å²) in [5.74, 6) is 0.486. The Morgan fingerprint density at radius 2 is 2.14 bits per heavy atom. The van der Waals surface area contributed by atoms with E-state index in [9.17, 15) is 9.59 Å². The molecule has 1 aromatic heterocycles. The monoisotopic (exact) mass is 397 g/mol. The van der Waals surface area contributed by atoms with Gasteiger partial charge in [-0.15, -0.1) is 17.9 Å². The summed E-state index contributed by atoms with van der Waals surface area (Å²) in [7, 11) is 0. The molecule has 6 nitrogen and oxygen atoms in total. The molecule has 0 fully saturated rings. The lowest BCUT2D eigenvalue weighted by molar-refractivity contribution is -0.121. The lowest BCUT2D eigenvalue weighted by atomic mass is 10.0. The highest BCUT2D eigenvalue weighted by atomic mass is 32.1. The number of rotatable bonds is 6. The molecule has 0 saturated carbocycles. The van der Waals surface area contributed by atoms with Crippen LogP contribution in [0.3, 0.4) is 0 Å². The number of hydrogen-bond donors (Lipinski definition) is 0. The second-order valence-corrected chi connectivity index (χ2v) is 7.98. The number of anilines is 2. The molecule has 0 spiro atoms. The van der Waals surface area contributed by atoms with Gasteiger partial charge in [0.1, 0.15) is 5.75 Å². The molecule has 1 aliphatic carbocycles. The first kappa shape index (κ1) is 18.7. The molecule has 146 valence electrons. The van der Waals surface area contributed by atoms with E-state index >= 15 is 0 Å². The highest BCUT2D eigenvalue weighted by molar-refractivity contribution is 7.16. The molecule has 4 rings (SSSR count). The maximum absolute atomic E-state index is 13.0. The second kappa shape index (κ2) is 8.14. The van der Waals surface area contributed by atoms with Crippen LogP contribution in [-0.4, -0.2) is 36.5 Å². The van der Waals surface area contributed by atoms with E-state index in [4.69, 9.17) is 9.72 Å². The zero-order valence-corrected chi connectivity index (χ0v) is 16.5. The summed E-state index contributed by atoms with van der Waals surface area (Å²) < 4.78 is 5.47. The predicted octanol–water partition coefficient (Wildman–Crippen LogP) is 3.36. The molecule has 0 radical (unpaired) electrons. The van der Waals surface area contributed by atoms with Crippen LogP contribution in [0.2, 0.25) is 0 Å². The highest BCUT2D eigenvalue weighted by Gasteiger charge is 2.27. The van der Waals surface area contributed by atoms with Crippen molar-refractivity contribution in [1.82, 2.24) is 4.98 Å². The minimum atomic E-state index is -0.133. The molecule has 28 heavy (non-hydrogen) atoms. The largest absolute Gasteiger partial charge is 0.482 e. The van der Waals surface area contributed by atoms with Crippen molar-refractivity contribution in [3.63, 3.8) is 0 Å². The fourth-order valence-electron chi connectivity index (χ4n) is 3.61. The van der Waals surface area contributed by atoms with Gasteiger partial charge in [0.25, 0.3) is 5.91 Å². The van der Waals surface area contributed by atoms with Crippen LogP contribution in [0, 0.1) is 0 Å². The molecule has 0 saturated heterocycles. The Bertz CT molecular complexity index is 885. The van der Waals surface area contributed by atoms with Crippen molar-refractivity contribution < 1.29 is 14.3 Å². The number of benzene rings is 1. The van der Waals surface area contributed by atoms with Gasteiger partial charge in [-0.25, -0.2) is 4.98 Å². The van der Waals surface area contributed by atoms with Crippen LogP contribution in [0.25, 0.3) is 0 Å².